The van der Waals surface area contributed by atoms with E-state index in [0.717, 1.165) is 5.56 Å². The normalized spacial score (nSPS) is 19.3. The Morgan fingerprint density at radius 3 is 2.78 bits per heavy atom. The average molecular weight is 432 g/mol. The van der Waals surface area contributed by atoms with E-state index in [-0.39, 0.29) is 11.9 Å². The summed E-state index contributed by atoms with van der Waals surface area (Å²) >= 11 is 0. The number of fused-ring (bicyclic) bond motifs is 3. The number of aromatic nitrogens is 4. The number of piperidine rings is 1. The Labute approximate surface area is 184 Å². The van der Waals surface area contributed by atoms with Crippen LogP contribution in [-0.2, 0) is 17.4 Å². The zero-order chi connectivity index (χ0) is 21.9. The first-order valence-electron chi connectivity index (χ1n) is 11.1. The summed E-state index contributed by atoms with van der Waals surface area (Å²) in [7, 11) is 1.80. The number of aryl methyl sites for hydroxylation is 1. The van der Waals surface area contributed by atoms with E-state index in [1.165, 1.54) is 19.2 Å². The molecule has 1 saturated carbocycles. The molecule has 1 N–H and O–H groups in total. The molecule has 9 nitrogen and oxygen atoms in total. The van der Waals surface area contributed by atoms with Gasteiger partial charge in [-0.25, -0.2) is 19.7 Å². The van der Waals surface area contributed by atoms with E-state index in [2.05, 4.69) is 25.2 Å². The molecule has 3 aromatic rings. The van der Waals surface area contributed by atoms with Crippen LogP contribution in [0.15, 0.2) is 30.6 Å². The number of hydrogen-bond donors (Lipinski definition) is 1. The molecule has 9 heteroatoms. The number of amides is 1. The van der Waals surface area contributed by atoms with Gasteiger partial charge >= 0.3 is 5.97 Å². The maximum absolute atomic E-state index is 12.7. The fourth-order valence-electron chi connectivity index (χ4n) is 4.86. The molecule has 0 radical (unpaired) electrons. The summed E-state index contributed by atoms with van der Waals surface area (Å²) in [6.07, 6.45) is 5.20. The summed E-state index contributed by atoms with van der Waals surface area (Å²) in [5.74, 6) is 1.22. The second kappa shape index (κ2) is 7.01. The number of anilines is 1. The molecule has 2 fully saturated rings. The highest BCUT2D eigenvalue weighted by Crippen LogP contribution is 2.44. The summed E-state index contributed by atoms with van der Waals surface area (Å²) in [4.78, 5) is 40.7. The predicted molar refractivity (Wildman–Crippen MR) is 116 cm³/mol. The molecular weight excluding hydrogens is 408 g/mol. The third-order valence-corrected chi connectivity index (χ3v) is 6.88. The van der Waals surface area contributed by atoms with Crippen LogP contribution in [0, 0.1) is 5.92 Å². The van der Waals surface area contributed by atoms with Crippen LogP contribution in [0.3, 0.4) is 0 Å². The van der Waals surface area contributed by atoms with Crippen molar-refractivity contribution in [2.75, 3.05) is 24.5 Å². The zero-order valence-corrected chi connectivity index (χ0v) is 17.9. The standard InChI is InChI=1S/C23H24N6O3/c1-28-18-17(27-20(28)21(30)24-12-14-6-7-14)19(26-13-25-18)29-10-8-23(9-11-29)16-5-3-2-4-15(16)22(31)32-23/h2-5,13-14H,6-12H2,1H3,(H,24,30). The Kier molecular flexibility index (Phi) is 4.21. The van der Waals surface area contributed by atoms with Gasteiger partial charge in [-0.2, -0.15) is 0 Å². The maximum Gasteiger partial charge on any atom is 0.339 e. The molecule has 2 aromatic heterocycles. The van der Waals surface area contributed by atoms with E-state index in [4.69, 9.17) is 4.74 Å². The minimum Gasteiger partial charge on any atom is -0.450 e. The number of carbonyl (C=O) groups excluding carboxylic acids is 2. The number of nitrogens with one attached hydrogen (secondary N) is 1. The van der Waals surface area contributed by atoms with E-state index >= 15 is 0 Å². The smallest absolute Gasteiger partial charge is 0.339 e. The molecule has 32 heavy (non-hydrogen) atoms. The third kappa shape index (κ3) is 2.95. The van der Waals surface area contributed by atoms with Gasteiger partial charge in [-0.15, -0.1) is 0 Å². The largest absolute Gasteiger partial charge is 0.450 e. The van der Waals surface area contributed by atoms with E-state index in [1.54, 1.807) is 11.6 Å². The van der Waals surface area contributed by atoms with Gasteiger partial charge < -0.3 is 19.5 Å². The van der Waals surface area contributed by atoms with Crippen molar-refractivity contribution in [2.45, 2.75) is 31.3 Å². The zero-order valence-electron chi connectivity index (χ0n) is 17.9. The summed E-state index contributed by atoms with van der Waals surface area (Å²) in [5.41, 5.74) is 2.31. The molecule has 164 valence electrons. The lowest BCUT2D eigenvalue weighted by Crippen LogP contribution is -2.43. The van der Waals surface area contributed by atoms with E-state index in [9.17, 15) is 9.59 Å². The second-order valence-electron chi connectivity index (χ2n) is 8.93. The summed E-state index contributed by atoms with van der Waals surface area (Å²) in [5, 5.41) is 2.98. The van der Waals surface area contributed by atoms with E-state index in [1.807, 2.05) is 24.3 Å². The summed E-state index contributed by atoms with van der Waals surface area (Å²) in [6, 6.07) is 7.64. The number of esters is 1. The van der Waals surface area contributed by atoms with Gasteiger partial charge in [0, 0.05) is 45.1 Å². The highest BCUT2D eigenvalue weighted by Gasteiger charge is 2.47. The number of hydrogen-bond acceptors (Lipinski definition) is 7. The van der Waals surface area contributed by atoms with Crippen LogP contribution in [-0.4, -0.2) is 51.0 Å². The molecule has 0 unspecified atom stereocenters. The van der Waals surface area contributed by atoms with Gasteiger partial charge in [0.25, 0.3) is 5.91 Å². The van der Waals surface area contributed by atoms with Crippen molar-refractivity contribution in [3.05, 3.63) is 47.5 Å². The number of ether oxygens (including phenoxy) is 1. The topological polar surface area (TPSA) is 102 Å². The Bertz CT molecular complexity index is 1240. The van der Waals surface area contributed by atoms with Crippen LogP contribution >= 0.6 is 0 Å². The second-order valence-corrected chi connectivity index (χ2v) is 8.93. The van der Waals surface area contributed by atoms with E-state index in [0.29, 0.717) is 66.8 Å². The first kappa shape index (κ1) is 19.2. The molecule has 0 bridgehead atoms. The molecular formula is C23H24N6O3. The number of nitrogens with zero attached hydrogens (tertiary/aromatic N) is 5. The molecule has 2 aliphatic heterocycles. The van der Waals surface area contributed by atoms with Gasteiger partial charge in [-0.1, -0.05) is 18.2 Å². The van der Waals surface area contributed by atoms with Crippen molar-refractivity contribution in [3.63, 3.8) is 0 Å². The monoisotopic (exact) mass is 432 g/mol. The van der Waals surface area contributed by atoms with Crippen LogP contribution in [0.25, 0.3) is 11.2 Å². The van der Waals surface area contributed by atoms with Crippen molar-refractivity contribution < 1.29 is 14.3 Å². The molecule has 1 amide bonds. The first-order valence-corrected chi connectivity index (χ1v) is 11.1. The van der Waals surface area contributed by atoms with Gasteiger partial charge in [0.05, 0.1) is 5.56 Å². The maximum atomic E-state index is 12.7. The quantitative estimate of drug-likeness (QED) is 0.631. The fourth-order valence-corrected chi connectivity index (χ4v) is 4.86. The minimum absolute atomic E-state index is 0.185. The fraction of sp³-hybridized carbons (Fsp3) is 0.435. The van der Waals surface area contributed by atoms with Crippen molar-refractivity contribution in [2.24, 2.45) is 13.0 Å². The molecule has 4 heterocycles. The molecule has 3 aliphatic rings. The Hall–Kier alpha value is -3.49. The highest BCUT2D eigenvalue weighted by atomic mass is 16.6. The van der Waals surface area contributed by atoms with Crippen LogP contribution in [0.1, 0.15) is 52.2 Å². The van der Waals surface area contributed by atoms with Gasteiger partial charge in [0.1, 0.15) is 11.9 Å². The Morgan fingerprint density at radius 2 is 2.00 bits per heavy atom. The van der Waals surface area contributed by atoms with Gasteiger partial charge in [0.15, 0.2) is 17.0 Å². The van der Waals surface area contributed by atoms with Crippen molar-refractivity contribution >= 4 is 28.9 Å². The minimum atomic E-state index is -0.575. The molecule has 1 spiro atoms. The van der Waals surface area contributed by atoms with Crippen molar-refractivity contribution in [1.82, 2.24) is 24.8 Å². The molecule has 1 aliphatic carbocycles. The SMILES string of the molecule is Cn1c(C(=O)NCC2CC2)nc2c(N3CCC4(CC3)OC(=O)c3ccccc34)ncnc21. The average Bonchev–Trinajstić information content (AvgIpc) is 3.54. The number of imidazole rings is 1. The lowest BCUT2D eigenvalue weighted by molar-refractivity contribution is -0.0211. The molecule has 1 aromatic carbocycles. The van der Waals surface area contributed by atoms with Crippen LogP contribution in [0.2, 0.25) is 0 Å². The molecule has 1 saturated heterocycles. The van der Waals surface area contributed by atoms with E-state index < -0.39 is 5.60 Å². The van der Waals surface area contributed by atoms with Crippen molar-refractivity contribution in [3.8, 4) is 0 Å². The van der Waals surface area contributed by atoms with Gasteiger partial charge in [-0.05, 0) is 24.8 Å². The summed E-state index contributed by atoms with van der Waals surface area (Å²) in [6.45, 7) is 2.01. The van der Waals surface area contributed by atoms with Crippen LogP contribution < -0.4 is 10.2 Å². The first-order chi connectivity index (χ1) is 15.6. The molecule has 6 rings (SSSR count). The van der Waals surface area contributed by atoms with Crippen LogP contribution in [0.4, 0.5) is 5.82 Å². The highest BCUT2D eigenvalue weighted by molar-refractivity contribution is 5.96. The number of benzene rings is 1. The third-order valence-electron chi connectivity index (χ3n) is 6.88. The Balaban J connectivity index is 1.27. The number of rotatable bonds is 4. The van der Waals surface area contributed by atoms with Gasteiger partial charge in [0.2, 0.25) is 5.82 Å². The lowest BCUT2D eigenvalue weighted by Gasteiger charge is -2.39. The Morgan fingerprint density at radius 1 is 1.22 bits per heavy atom. The lowest BCUT2D eigenvalue weighted by atomic mass is 9.84. The molecule has 0 atom stereocenters. The predicted octanol–water partition coefficient (Wildman–Crippen LogP) is 2.17. The van der Waals surface area contributed by atoms with Gasteiger partial charge in [-0.3, -0.25) is 4.79 Å². The summed E-state index contributed by atoms with van der Waals surface area (Å²) < 4.78 is 7.59. The van der Waals surface area contributed by atoms with Crippen LogP contribution in [0.5, 0.6) is 0 Å². The van der Waals surface area contributed by atoms with Crippen molar-refractivity contribution in [1.29, 1.82) is 0 Å². The number of carbonyl (C=O) groups is 2.